The van der Waals surface area contributed by atoms with Crippen molar-refractivity contribution in [2.45, 2.75) is 49.2 Å². The van der Waals surface area contributed by atoms with Gasteiger partial charge in [0, 0.05) is 18.3 Å². The monoisotopic (exact) mass is 482 g/mol. The molecule has 1 aromatic heterocycles. The molecular formula is C21H21F3N4O4S. The van der Waals surface area contributed by atoms with E-state index in [0.29, 0.717) is 17.9 Å². The molecule has 3 amide bonds. The number of nitrogens with zero attached hydrogens (tertiary/aromatic N) is 3. The number of pyridine rings is 1. The lowest BCUT2D eigenvalue weighted by Crippen LogP contribution is -2.39. The molecule has 1 saturated carbocycles. The Labute approximate surface area is 188 Å². The zero-order valence-electron chi connectivity index (χ0n) is 17.9. The SMILES string of the molecule is CC(C)Nc1cc(N2C(=O)N(c3ccc(S(=O)(=O)C(F)(F)F)cc3)C(=O)C23CC3C)ccn1. The molecule has 176 valence electrons. The summed E-state index contributed by atoms with van der Waals surface area (Å²) in [6, 6.07) is 6.20. The summed E-state index contributed by atoms with van der Waals surface area (Å²) < 4.78 is 61.7. The van der Waals surface area contributed by atoms with E-state index in [1.54, 1.807) is 12.1 Å². The normalized spacial score (nSPS) is 23.1. The number of nitrogens with one attached hydrogen (secondary N) is 1. The zero-order valence-corrected chi connectivity index (χ0v) is 18.7. The summed E-state index contributed by atoms with van der Waals surface area (Å²) in [6.07, 6.45) is 1.93. The summed E-state index contributed by atoms with van der Waals surface area (Å²) in [4.78, 5) is 32.2. The van der Waals surface area contributed by atoms with E-state index in [2.05, 4.69) is 10.3 Å². The van der Waals surface area contributed by atoms with Crippen LogP contribution in [0.5, 0.6) is 0 Å². The lowest BCUT2D eigenvalue weighted by Gasteiger charge is -2.23. The first kappa shape index (κ1) is 23.0. The number of halogens is 3. The summed E-state index contributed by atoms with van der Waals surface area (Å²) >= 11 is 0. The molecule has 1 spiro atoms. The van der Waals surface area contributed by atoms with Crippen LogP contribution in [-0.4, -0.2) is 42.4 Å². The lowest BCUT2D eigenvalue weighted by atomic mass is 10.1. The molecule has 2 heterocycles. The number of urea groups is 1. The number of anilines is 3. The van der Waals surface area contributed by atoms with Crippen LogP contribution in [0.3, 0.4) is 0 Å². The van der Waals surface area contributed by atoms with Crippen LogP contribution >= 0.6 is 0 Å². The topological polar surface area (TPSA) is 99.7 Å². The number of benzene rings is 1. The first-order valence-electron chi connectivity index (χ1n) is 10.1. The first-order valence-corrected chi connectivity index (χ1v) is 11.6. The third kappa shape index (κ3) is 3.52. The molecule has 1 aliphatic carbocycles. The smallest absolute Gasteiger partial charge is 0.368 e. The van der Waals surface area contributed by atoms with Crippen molar-refractivity contribution in [2.75, 3.05) is 15.1 Å². The number of rotatable bonds is 5. The molecule has 33 heavy (non-hydrogen) atoms. The van der Waals surface area contributed by atoms with Crippen molar-refractivity contribution in [2.24, 2.45) is 5.92 Å². The third-order valence-corrected chi connectivity index (χ3v) is 7.28. The summed E-state index contributed by atoms with van der Waals surface area (Å²) in [5.41, 5.74) is -6.12. The van der Waals surface area contributed by atoms with Crippen LogP contribution < -0.4 is 15.1 Å². The van der Waals surface area contributed by atoms with Crippen LogP contribution in [0.4, 0.5) is 35.2 Å². The van der Waals surface area contributed by atoms with Crippen molar-refractivity contribution >= 4 is 39.0 Å². The number of carbonyl (C=O) groups excluding carboxylic acids is 2. The average Bonchev–Trinajstić information content (AvgIpc) is 3.32. The maximum atomic E-state index is 13.4. The molecule has 1 N–H and O–H groups in total. The van der Waals surface area contributed by atoms with Crippen LogP contribution in [0.15, 0.2) is 47.5 Å². The number of alkyl halides is 3. The van der Waals surface area contributed by atoms with E-state index in [9.17, 15) is 31.2 Å². The second-order valence-corrected chi connectivity index (χ2v) is 10.4. The van der Waals surface area contributed by atoms with Gasteiger partial charge in [0.05, 0.1) is 16.3 Å². The van der Waals surface area contributed by atoms with Gasteiger partial charge in [-0.2, -0.15) is 13.2 Å². The van der Waals surface area contributed by atoms with E-state index in [0.717, 1.165) is 29.2 Å². The molecule has 8 nitrogen and oxygen atoms in total. The number of hydrogen-bond donors (Lipinski definition) is 1. The second kappa shape index (κ2) is 7.44. The van der Waals surface area contributed by atoms with Gasteiger partial charge in [-0.05, 0) is 56.5 Å². The minimum absolute atomic E-state index is 0.0123. The summed E-state index contributed by atoms with van der Waals surface area (Å²) in [7, 11) is -5.54. The van der Waals surface area contributed by atoms with E-state index < -0.39 is 37.7 Å². The zero-order chi connectivity index (χ0) is 24.3. The van der Waals surface area contributed by atoms with Gasteiger partial charge < -0.3 is 5.32 Å². The van der Waals surface area contributed by atoms with Crippen molar-refractivity contribution in [3.8, 4) is 0 Å². The van der Waals surface area contributed by atoms with Gasteiger partial charge in [0.2, 0.25) is 0 Å². The molecule has 0 bridgehead atoms. The number of hydrogen-bond acceptors (Lipinski definition) is 6. The van der Waals surface area contributed by atoms with Gasteiger partial charge in [-0.3, -0.25) is 9.69 Å². The van der Waals surface area contributed by atoms with Crippen LogP contribution in [0.25, 0.3) is 0 Å². The summed E-state index contributed by atoms with van der Waals surface area (Å²) in [5.74, 6) is -0.133. The fraction of sp³-hybridized carbons (Fsp3) is 0.381. The Morgan fingerprint density at radius 3 is 2.24 bits per heavy atom. The van der Waals surface area contributed by atoms with E-state index in [1.807, 2.05) is 20.8 Å². The van der Waals surface area contributed by atoms with Gasteiger partial charge in [0.15, 0.2) is 0 Å². The maximum absolute atomic E-state index is 13.4. The van der Waals surface area contributed by atoms with Gasteiger partial charge in [-0.15, -0.1) is 0 Å². The van der Waals surface area contributed by atoms with Crippen molar-refractivity contribution in [3.63, 3.8) is 0 Å². The van der Waals surface area contributed by atoms with Crippen molar-refractivity contribution in [1.29, 1.82) is 0 Å². The molecule has 1 aromatic carbocycles. The van der Waals surface area contributed by atoms with E-state index in [4.69, 9.17) is 0 Å². The number of imide groups is 1. The molecule has 1 aliphatic heterocycles. The Balaban J connectivity index is 1.71. The maximum Gasteiger partial charge on any atom is 0.501 e. The predicted molar refractivity (Wildman–Crippen MR) is 115 cm³/mol. The minimum atomic E-state index is -5.54. The molecule has 2 aromatic rings. The Kier molecular flexibility index (Phi) is 5.19. The van der Waals surface area contributed by atoms with Gasteiger partial charge >= 0.3 is 11.5 Å². The molecule has 2 atom stereocenters. The van der Waals surface area contributed by atoms with Crippen LogP contribution in [0, 0.1) is 5.92 Å². The average molecular weight is 482 g/mol. The second-order valence-electron chi connectivity index (χ2n) is 8.43. The molecule has 2 unspecified atom stereocenters. The molecule has 0 radical (unpaired) electrons. The summed E-state index contributed by atoms with van der Waals surface area (Å²) in [5, 5.41) is 3.13. The fourth-order valence-corrected chi connectivity index (χ4v) is 4.84. The quantitative estimate of drug-likeness (QED) is 0.648. The molecule has 2 aliphatic rings. The molecule has 4 rings (SSSR count). The predicted octanol–water partition coefficient (Wildman–Crippen LogP) is 3.95. The number of aromatic nitrogens is 1. The van der Waals surface area contributed by atoms with Gasteiger partial charge in [0.25, 0.3) is 15.7 Å². The number of amides is 3. The Bertz CT molecular complexity index is 1230. The van der Waals surface area contributed by atoms with Gasteiger partial charge in [-0.1, -0.05) is 6.92 Å². The highest BCUT2D eigenvalue weighted by Crippen LogP contribution is 2.55. The molecular weight excluding hydrogens is 461 g/mol. The van der Waals surface area contributed by atoms with E-state index in [1.165, 1.54) is 11.1 Å². The fourth-order valence-electron chi connectivity index (χ4n) is 4.07. The highest BCUT2D eigenvalue weighted by atomic mass is 32.2. The van der Waals surface area contributed by atoms with Crippen LogP contribution in [-0.2, 0) is 14.6 Å². The molecule has 2 fully saturated rings. The van der Waals surface area contributed by atoms with Gasteiger partial charge in [0.1, 0.15) is 11.4 Å². The molecule has 1 saturated heterocycles. The van der Waals surface area contributed by atoms with Crippen LogP contribution in [0.1, 0.15) is 27.2 Å². The number of carbonyl (C=O) groups is 2. The highest BCUT2D eigenvalue weighted by molar-refractivity contribution is 7.92. The van der Waals surface area contributed by atoms with Crippen molar-refractivity contribution in [3.05, 3.63) is 42.6 Å². The number of sulfone groups is 1. The van der Waals surface area contributed by atoms with Gasteiger partial charge in [-0.25, -0.2) is 23.1 Å². The Hall–Kier alpha value is -3.15. The first-order chi connectivity index (χ1) is 15.3. The summed E-state index contributed by atoms with van der Waals surface area (Å²) in [6.45, 7) is 5.68. The third-order valence-electron chi connectivity index (χ3n) is 5.78. The highest BCUT2D eigenvalue weighted by Gasteiger charge is 2.70. The minimum Gasteiger partial charge on any atom is -0.368 e. The van der Waals surface area contributed by atoms with Crippen molar-refractivity contribution < 1.29 is 31.2 Å². The standard InChI is InChI=1S/C21H21F3N4O4S/c1-12(2)26-17-10-15(8-9-25-17)28-19(30)27(18(29)20(28)11-13(20)3)14-4-6-16(7-5-14)33(31,32)21(22,23)24/h4-10,12-13H,11H2,1-3H3,(H,25,26). The Morgan fingerprint density at radius 1 is 1.12 bits per heavy atom. The van der Waals surface area contributed by atoms with Crippen LogP contribution in [0.2, 0.25) is 0 Å². The Morgan fingerprint density at radius 2 is 1.73 bits per heavy atom. The largest absolute Gasteiger partial charge is 0.501 e. The lowest BCUT2D eigenvalue weighted by molar-refractivity contribution is -0.119. The van der Waals surface area contributed by atoms with E-state index >= 15 is 0 Å². The molecule has 12 heteroatoms. The van der Waals surface area contributed by atoms with E-state index in [-0.39, 0.29) is 17.6 Å². The van der Waals surface area contributed by atoms with Crippen molar-refractivity contribution in [1.82, 2.24) is 4.98 Å².